The number of para-hydroxylation sites is 1. The van der Waals surface area contributed by atoms with Crippen LogP contribution in [-0.2, 0) is 23.9 Å². The Balaban J connectivity index is 1.81. The lowest BCUT2D eigenvalue weighted by Crippen LogP contribution is -2.43. The summed E-state index contributed by atoms with van der Waals surface area (Å²) >= 11 is 0. The van der Waals surface area contributed by atoms with E-state index in [0.29, 0.717) is 41.2 Å². The van der Waals surface area contributed by atoms with Gasteiger partial charge in [-0.05, 0) is 57.9 Å². The van der Waals surface area contributed by atoms with Gasteiger partial charge in [-0.3, -0.25) is 9.59 Å². The summed E-state index contributed by atoms with van der Waals surface area (Å²) in [6.07, 6.45) is 6.44. The molecule has 3 aliphatic rings. The molecule has 1 aromatic rings. The fraction of sp³-hybridized carbons (Fsp3) is 0.552. The monoisotopic (exact) mass is 495 g/mol. The van der Waals surface area contributed by atoms with Gasteiger partial charge in [-0.25, -0.2) is 4.79 Å². The van der Waals surface area contributed by atoms with E-state index in [9.17, 15) is 14.4 Å². The van der Waals surface area contributed by atoms with E-state index < -0.39 is 23.8 Å². The topological polar surface area (TPSA) is 90.9 Å². The fourth-order valence-corrected chi connectivity index (χ4v) is 5.84. The number of allylic oxidation sites excluding steroid dienone is 3. The van der Waals surface area contributed by atoms with E-state index in [-0.39, 0.29) is 17.8 Å². The van der Waals surface area contributed by atoms with E-state index in [2.05, 4.69) is 5.32 Å². The average Bonchev–Trinajstić information content (AvgIpc) is 3.12. The van der Waals surface area contributed by atoms with Gasteiger partial charge in [0.05, 0.1) is 25.2 Å². The molecule has 1 fully saturated rings. The number of hydrogen-bond donors (Lipinski definition) is 1. The van der Waals surface area contributed by atoms with Crippen molar-refractivity contribution in [2.45, 2.75) is 77.7 Å². The van der Waals surface area contributed by atoms with Crippen LogP contribution in [0, 0.1) is 11.8 Å². The summed E-state index contributed by atoms with van der Waals surface area (Å²) in [4.78, 5) is 40.3. The summed E-state index contributed by atoms with van der Waals surface area (Å²) in [5, 5.41) is 3.33. The lowest BCUT2D eigenvalue weighted by molar-refractivity contribution is -0.151. The van der Waals surface area contributed by atoms with E-state index in [1.165, 1.54) is 7.11 Å². The Hall–Kier alpha value is -3.09. The Morgan fingerprint density at radius 1 is 1.08 bits per heavy atom. The number of ketones is 1. The number of esters is 2. The predicted molar refractivity (Wildman–Crippen MR) is 135 cm³/mol. The Bertz CT molecular complexity index is 1080. The molecule has 0 amide bonds. The molecule has 0 bridgehead atoms. The summed E-state index contributed by atoms with van der Waals surface area (Å²) in [7, 11) is 1.30. The molecular weight excluding hydrogens is 458 g/mol. The standard InChI is InChI=1S/C29H37NO6/c1-5-35-22-15-11-10-14-20(22)25-24(29(33)36-19-12-8-6-7-9-13-19)18(3)30-21-16-17(2)23(28(32)34-4)27(31)26(21)25/h10-11,14-15,17,19,23,25,30H,5-9,12-13,16H2,1-4H3/t17-,23-,25+/m0/s1. The second-order valence-electron chi connectivity index (χ2n) is 10.0. The number of carbonyl (C=O) groups is 3. The zero-order valence-electron chi connectivity index (χ0n) is 21.7. The van der Waals surface area contributed by atoms with Gasteiger partial charge in [0.25, 0.3) is 0 Å². The maximum Gasteiger partial charge on any atom is 0.337 e. The largest absolute Gasteiger partial charge is 0.494 e. The highest BCUT2D eigenvalue weighted by Crippen LogP contribution is 2.47. The van der Waals surface area contributed by atoms with Crippen LogP contribution in [0.2, 0.25) is 0 Å². The summed E-state index contributed by atoms with van der Waals surface area (Å²) in [6, 6.07) is 7.47. The predicted octanol–water partition coefficient (Wildman–Crippen LogP) is 4.96. The molecule has 1 saturated carbocycles. The molecule has 7 heteroatoms. The maximum atomic E-state index is 13.9. The Kier molecular flexibility index (Phi) is 8.17. The van der Waals surface area contributed by atoms with Gasteiger partial charge in [0, 0.05) is 22.5 Å². The highest BCUT2D eigenvalue weighted by atomic mass is 16.5. The molecule has 0 radical (unpaired) electrons. The first-order chi connectivity index (χ1) is 17.4. The minimum atomic E-state index is -0.921. The zero-order valence-corrected chi connectivity index (χ0v) is 21.7. The van der Waals surface area contributed by atoms with E-state index in [1.54, 1.807) is 0 Å². The van der Waals surface area contributed by atoms with Crippen LogP contribution >= 0.6 is 0 Å². The van der Waals surface area contributed by atoms with Crippen molar-refractivity contribution in [2.75, 3.05) is 13.7 Å². The number of dihydropyridines is 1. The van der Waals surface area contributed by atoms with Gasteiger partial charge in [0.1, 0.15) is 17.8 Å². The molecule has 1 N–H and O–H groups in total. The number of nitrogens with one attached hydrogen (secondary N) is 1. The summed E-state index contributed by atoms with van der Waals surface area (Å²) < 4.78 is 17.0. The molecule has 2 aliphatic carbocycles. The number of ether oxygens (including phenoxy) is 3. The number of carbonyl (C=O) groups excluding carboxylic acids is 3. The van der Waals surface area contributed by atoms with Crippen molar-refractivity contribution in [2.24, 2.45) is 11.8 Å². The number of benzene rings is 1. The van der Waals surface area contributed by atoms with Gasteiger partial charge >= 0.3 is 11.9 Å². The molecule has 1 heterocycles. The SMILES string of the molecule is CCOc1ccccc1[C@@H]1C(C(=O)OC2CCCCCC2)=C(C)NC2=C1C(=O)[C@@H](C(=O)OC)[C@@H](C)C2. The molecule has 3 atom stereocenters. The van der Waals surface area contributed by atoms with Gasteiger partial charge in [0.2, 0.25) is 0 Å². The number of hydrogen-bond acceptors (Lipinski definition) is 7. The maximum absolute atomic E-state index is 13.9. The van der Waals surface area contributed by atoms with E-state index in [0.717, 1.165) is 44.2 Å². The van der Waals surface area contributed by atoms with Crippen LogP contribution in [-0.4, -0.2) is 37.5 Å². The van der Waals surface area contributed by atoms with Crippen LogP contribution in [0.15, 0.2) is 46.8 Å². The molecule has 194 valence electrons. The molecule has 1 aromatic carbocycles. The van der Waals surface area contributed by atoms with Gasteiger partial charge in [-0.15, -0.1) is 0 Å². The van der Waals surface area contributed by atoms with Crippen LogP contribution in [0.4, 0.5) is 0 Å². The molecule has 7 nitrogen and oxygen atoms in total. The van der Waals surface area contributed by atoms with Crippen molar-refractivity contribution in [1.82, 2.24) is 5.32 Å². The smallest absolute Gasteiger partial charge is 0.337 e. The second-order valence-corrected chi connectivity index (χ2v) is 10.0. The normalized spacial score (nSPS) is 25.0. The number of methoxy groups -OCH3 is 1. The average molecular weight is 496 g/mol. The fourth-order valence-electron chi connectivity index (χ4n) is 5.84. The minimum absolute atomic E-state index is 0.136. The molecule has 36 heavy (non-hydrogen) atoms. The molecule has 0 saturated heterocycles. The van der Waals surface area contributed by atoms with Crippen LogP contribution < -0.4 is 10.1 Å². The van der Waals surface area contributed by atoms with Crippen molar-refractivity contribution < 1.29 is 28.6 Å². The first-order valence-corrected chi connectivity index (χ1v) is 13.1. The highest BCUT2D eigenvalue weighted by molar-refractivity contribution is 6.12. The lowest BCUT2D eigenvalue weighted by Gasteiger charge is -2.38. The van der Waals surface area contributed by atoms with Crippen LogP contribution in [0.25, 0.3) is 0 Å². The van der Waals surface area contributed by atoms with Crippen LogP contribution in [0.1, 0.15) is 77.2 Å². The Labute approximate surface area is 213 Å². The van der Waals surface area contributed by atoms with Crippen molar-refractivity contribution in [1.29, 1.82) is 0 Å². The van der Waals surface area contributed by atoms with Gasteiger partial charge in [0.15, 0.2) is 5.78 Å². The third-order valence-electron chi connectivity index (χ3n) is 7.57. The van der Waals surface area contributed by atoms with Crippen LogP contribution in [0.5, 0.6) is 5.75 Å². The first-order valence-electron chi connectivity index (χ1n) is 13.1. The quantitative estimate of drug-likeness (QED) is 0.339. The molecule has 0 aromatic heterocycles. The van der Waals surface area contributed by atoms with Crippen molar-refractivity contribution in [3.63, 3.8) is 0 Å². The van der Waals surface area contributed by atoms with Crippen molar-refractivity contribution >= 4 is 17.7 Å². The van der Waals surface area contributed by atoms with E-state index in [1.807, 2.05) is 45.0 Å². The van der Waals surface area contributed by atoms with E-state index in [4.69, 9.17) is 14.2 Å². The third kappa shape index (κ3) is 5.06. The van der Waals surface area contributed by atoms with Gasteiger partial charge in [-0.1, -0.05) is 38.0 Å². The molecule has 4 rings (SSSR count). The van der Waals surface area contributed by atoms with Crippen molar-refractivity contribution in [3.8, 4) is 5.75 Å². The second kappa shape index (κ2) is 11.3. The molecular formula is C29H37NO6. The number of Topliss-reactive ketones (excluding diaryl/α,β-unsaturated/α-hetero) is 1. The summed E-state index contributed by atoms with van der Waals surface area (Å²) in [5.41, 5.74) is 2.95. The van der Waals surface area contributed by atoms with Gasteiger partial charge in [-0.2, -0.15) is 0 Å². The lowest BCUT2D eigenvalue weighted by atomic mass is 9.69. The van der Waals surface area contributed by atoms with Gasteiger partial charge < -0.3 is 19.5 Å². The first kappa shape index (κ1) is 26.0. The van der Waals surface area contributed by atoms with Crippen LogP contribution in [0.3, 0.4) is 0 Å². The Morgan fingerprint density at radius 2 is 1.78 bits per heavy atom. The molecule has 0 spiro atoms. The highest BCUT2D eigenvalue weighted by Gasteiger charge is 2.48. The molecule has 0 unspecified atom stereocenters. The minimum Gasteiger partial charge on any atom is -0.494 e. The Morgan fingerprint density at radius 3 is 2.44 bits per heavy atom. The third-order valence-corrected chi connectivity index (χ3v) is 7.57. The zero-order chi connectivity index (χ0) is 25.8. The number of rotatable bonds is 6. The molecule has 1 aliphatic heterocycles. The van der Waals surface area contributed by atoms with Crippen molar-refractivity contribution in [3.05, 3.63) is 52.4 Å². The summed E-state index contributed by atoms with van der Waals surface area (Å²) in [6.45, 7) is 6.06. The summed E-state index contributed by atoms with van der Waals surface area (Å²) in [5.74, 6) is -2.53. The van der Waals surface area contributed by atoms with E-state index >= 15 is 0 Å².